The molecule has 2 aromatic heterocycles. The molecule has 2 aromatic carbocycles. The van der Waals surface area contributed by atoms with Crippen LogP contribution in [-0.4, -0.2) is 22.0 Å². The van der Waals surface area contributed by atoms with E-state index in [0.717, 1.165) is 42.8 Å². The van der Waals surface area contributed by atoms with Gasteiger partial charge in [0.25, 0.3) is 11.5 Å². The monoisotopic (exact) mass is 624 g/mol. The molecule has 0 atom stereocenters. The number of nitro groups is 1. The summed E-state index contributed by atoms with van der Waals surface area (Å²) in [6, 6.07) is 16.0. The van der Waals surface area contributed by atoms with E-state index in [1.807, 2.05) is 25.1 Å². The van der Waals surface area contributed by atoms with Gasteiger partial charge in [-0.15, -0.1) is 11.3 Å². The number of aliphatic carboxylic acids is 1. The maximum Gasteiger partial charge on any atom is 0.282 e. The number of carboxylic acid groups (broad SMARTS) is 1. The van der Waals surface area contributed by atoms with Crippen LogP contribution in [0.2, 0.25) is 0 Å². The first-order valence-electron chi connectivity index (χ1n) is 15.6. The highest BCUT2D eigenvalue weighted by Crippen LogP contribution is 2.49. The van der Waals surface area contributed by atoms with Crippen molar-refractivity contribution in [2.45, 2.75) is 71.9 Å². The lowest BCUT2D eigenvalue weighted by Gasteiger charge is -2.27. The number of rotatable bonds is 13. The number of hydrogen-bond donors (Lipinski definition) is 0. The average Bonchev–Trinajstić information content (AvgIpc) is 3.71. The van der Waals surface area contributed by atoms with Gasteiger partial charge in [-0.25, -0.2) is 9.13 Å². The average molecular weight is 625 g/mol. The van der Waals surface area contributed by atoms with Crippen molar-refractivity contribution in [2.75, 3.05) is 11.4 Å². The number of imidazole rings is 1. The number of aromatic nitrogens is 2. The molecule has 234 valence electrons. The van der Waals surface area contributed by atoms with Crippen LogP contribution in [0.1, 0.15) is 64.8 Å². The molecule has 0 bridgehead atoms. The van der Waals surface area contributed by atoms with Gasteiger partial charge < -0.3 is 14.8 Å². The number of unbranched alkanes of at least 4 members (excludes halogenated alkanes) is 2. The molecular weight excluding hydrogens is 584 g/mol. The zero-order valence-corrected chi connectivity index (χ0v) is 27.2. The number of carbonyl (C=O) groups is 1. The minimum atomic E-state index is -0.993. The molecule has 0 radical (unpaired) electrons. The molecule has 0 unspecified atom stereocenters. The lowest BCUT2D eigenvalue weighted by atomic mass is 9.83. The number of anilines is 1. The van der Waals surface area contributed by atoms with Crippen molar-refractivity contribution in [3.05, 3.63) is 105 Å². The first-order chi connectivity index (χ1) is 21.7. The van der Waals surface area contributed by atoms with E-state index in [1.54, 1.807) is 23.5 Å². The smallest absolute Gasteiger partial charge is 0.282 e. The maximum atomic E-state index is 11.4. The molecule has 0 fully saturated rings. The second-order valence-electron chi connectivity index (χ2n) is 11.7. The van der Waals surface area contributed by atoms with Gasteiger partial charge in [-0.05, 0) is 80.0 Å². The molecule has 0 amide bonds. The molecule has 8 nitrogen and oxygen atoms in total. The van der Waals surface area contributed by atoms with Crippen LogP contribution in [0.3, 0.4) is 0 Å². The van der Waals surface area contributed by atoms with Gasteiger partial charge in [-0.2, -0.15) is 0 Å². The SMILES string of the molecule is CCn1c(/C=C/C=C/C=C2/N(CCCCCC(=O)[O-])c3ccc(-c4cccs4)cc3C2(C)C)[n+](CC)c2ccc([N+](=O)[O-])cc21. The first-order valence-corrected chi connectivity index (χ1v) is 16.5. The molecule has 1 aliphatic heterocycles. The summed E-state index contributed by atoms with van der Waals surface area (Å²) in [6.07, 6.45) is 12.8. The summed E-state index contributed by atoms with van der Waals surface area (Å²) in [5.41, 5.74) is 6.57. The van der Waals surface area contributed by atoms with E-state index in [4.69, 9.17) is 0 Å². The number of fused-ring (bicyclic) bond motifs is 2. The standard InChI is InChI=1S/C36H40N4O4S/c1-5-37-30-21-19-27(40(43)44)25-31(30)38(6-2)34(37)16-10-7-9-15-33-36(3,4)28-24-26(32-14-13-23-45-32)18-20-29(28)39(33)22-12-8-11-17-35(41)42/h7,9-10,13-16,18-21,23-25H,5-6,8,11-12,17,22H2,1-4H3. The lowest BCUT2D eigenvalue weighted by Crippen LogP contribution is -2.35. The fourth-order valence-electron chi connectivity index (χ4n) is 6.39. The Morgan fingerprint density at radius 1 is 1.04 bits per heavy atom. The molecule has 4 aromatic rings. The van der Waals surface area contributed by atoms with Crippen LogP contribution in [0.25, 0.3) is 27.6 Å². The molecule has 0 N–H and O–H groups in total. The Hall–Kier alpha value is -4.50. The highest BCUT2D eigenvalue weighted by Gasteiger charge is 2.39. The van der Waals surface area contributed by atoms with Gasteiger partial charge in [-0.3, -0.25) is 10.1 Å². The zero-order valence-electron chi connectivity index (χ0n) is 26.4. The zero-order chi connectivity index (χ0) is 32.1. The van der Waals surface area contributed by atoms with Gasteiger partial charge >= 0.3 is 0 Å². The fraction of sp³-hybridized carbons (Fsp3) is 0.333. The Morgan fingerprint density at radius 3 is 2.56 bits per heavy atom. The van der Waals surface area contributed by atoms with Crippen molar-refractivity contribution < 1.29 is 19.4 Å². The van der Waals surface area contributed by atoms with Gasteiger partial charge in [0.2, 0.25) is 0 Å². The third-order valence-corrected chi connectivity index (χ3v) is 9.54. The Balaban J connectivity index is 1.44. The third kappa shape index (κ3) is 6.49. The second-order valence-corrected chi connectivity index (χ2v) is 12.7. The minimum absolute atomic E-state index is 0.0890. The number of non-ortho nitro benzene ring substituents is 1. The van der Waals surface area contributed by atoms with Gasteiger partial charge in [0.15, 0.2) is 11.0 Å². The minimum Gasteiger partial charge on any atom is -0.550 e. The summed E-state index contributed by atoms with van der Waals surface area (Å²) in [5.74, 6) is -0.00620. The van der Waals surface area contributed by atoms with Crippen LogP contribution in [0.15, 0.2) is 83.9 Å². The number of benzene rings is 2. The van der Waals surface area contributed by atoms with Crippen LogP contribution in [0, 0.1) is 10.1 Å². The van der Waals surface area contributed by atoms with Crippen LogP contribution < -0.4 is 14.6 Å². The third-order valence-electron chi connectivity index (χ3n) is 8.62. The van der Waals surface area contributed by atoms with Crippen molar-refractivity contribution >= 4 is 45.8 Å². The Bertz CT molecular complexity index is 1800. The molecule has 5 rings (SSSR count). The summed E-state index contributed by atoms with van der Waals surface area (Å²) >= 11 is 1.74. The first kappa shape index (κ1) is 31.9. The summed E-state index contributed by atoms with van der Waals surface area (Å²) in [7, 11) is 0. The summed E-state index contributed by atoms with van der Waals surface area (Å²) in [4.78, 5) is 25.6. The molecule has 9 heteroatoms. The number of thiophene rings is 1. The highest BCUT2D eigenvalue weighted by atomic mass is 32.1. The van der Waals surface area contributed by atoms with Gasteiger partial charge in [0.05, 0.1) is 24.1 Å². The molecule has 0 saturated carbocycles. The number of aryl methyl sites for hydroxylation is 2. The Morgan fingerprint density at radius 2 is 1.87 bits per heavy atom. The topological polar surface area (TPSA) is 95.3 Å². The largest absolute Gasteiger partial charge is 0.550 e. The van der Waals surface area contributed by atoms with E-state index in [2.05, 4.69) is 88.7 Å². The highest BCUT2D eigenvalue weighted by molar-refractivity contribution is 7.13. The fourth-order valence-corrected chi connectivity index (χ4v) is 7.11. The number of carboxylic acids is 1. The molecule has 1 aliphatic rings. The van der Waals surface area contributed by atoms with Crippen LogP contribution in [-0.2, 0) is 23.3 Å². The number of hydrogen-bond acceptors (Lipinski definition) is 6. The van der Waals surface area contributed by atoms with Crippen molar-refractivity contribution in [3.8, 4) is 10.4 Å². The van der Waals surface area contributed by atoms with E-state index in [0.29, 0.717) is 13.0 Å². The van der Waals surface area contributed by atoms with Gasteiger partial charge in [-0.1, -0.05) is 50.6 Å². The van der Waals surface area contributed by atoms with Gasteiger partial charge in [0.1, 0.15) is 0 Å². The second kappa shape index (κ2) is 13.6. The number of carbonyl (C=O) groups excluding carboxylic acids is 1. The molecule has 0 aliphatic carbocycles. The van der Waals surface area contributed by atoms with Crippen LogP contribution in [0.4, 0.5) is 11.4 Å². The molecule has 0 spiro atoms. The van der Waals surface area contributed by atoms with Crippen LogP contribution >= 0.6 is 11.3 Å². The molecule has 3 heterocycles. The maximum absolute atomic E-state index is 11.4. The number of nitro benzene ring substituents is 1. The Kier molecular flexibility index (Phi) is 9.68. The van der Waals surface area contributed by atoms with E-state index in [1.165, 1.54) is 27.4 Å². The molecular formula is C36H40N4O4S. The van der Waals surface area contributed by atoms with E-state index in [9.17, 15) is 20.0 Å². The number of allylic oxidation sites excluding steroid dienone is 5. The van der Waals surface area contributed by atoms with E-state index < -0.39 is 5.97 Å². The normalized spacial score (nSPS) is 15.2. The van der Waals surface area contributed by atoms with Crippen LogP contribution in [0.5, 0.6) is 0 Å². The van der Waals surface area contributed by atoms with Crippen molar-refractivity contribution in [1.29, 1.82) is 0 Å². The summed E-state index contributed by atoms with van der Waals surface area (Å²) in [6.45, 7) is 10.9. The van der Waals surface area contributed by atoms with E-state index >= 15 is 0 Å². The van der Waals surface area contributed by atoms with Crippen molar-refractivity contribution in [1.82, 2.24) is 4.57 Å². The van der Waals surface area contributed by atoms with Crippen molar-refractivity contribution in [2.24, 2.45) is 0 Å². The van der Waals surface area contributed by atoms with E-state index in [-0.39, 0.29) is 22.4 Å². The molecule has 45 heavy (non-hydrogen) atoms. The summed E-state index contributed by atoms with van der Waals surface area (Å²) in [5, 5.41) is 24.4. The van der Waals surface area contributed by atoms with Crippen molar-refractivity contribution in [3.63, 3.8) is 0 Å². The molecule has 0 saturated heterocycles. The summed E-state index contributed by atoms with van der Waals surface area (Å²) < 4.78 is 4.29. The van der Waals surface area contributed by atoms with Gasteiger partial charge in [0, 0.05) is 46.3 Å². The lowest BCUT2D eigenvalue weighted by molar-refractivity contribution is -0.670. The predicted molar refractivity (Wildman–Crippen MR) is 180 cm³/mol. The number of nitrogens with zero attached hydrogens (tertiary/aromatic N) is 4. The Labute approximate surface area is 268 Å². The predicted octanol–water partition coefficient (Wildman–Crippen LogP) is 7.17. The quantitative estimate of drug-likeness (QED) is 0.0517.